The molecule has 2 aromatic rings. The summed E-state index contributed by atoms with van der Waals surface area (Å²) in [5.74, 6) is 0.715. The van der Waals surface area contributed by atoms with Crippen LogP contribution in [0, 0.1) is 0 Å². The fourth-order valence-corrected chi connectivity index (χ4v) is 3.92. The second kappa shape index (κ2) is 9.48. The average molecular weight is 455 g/mol. The molecule has 0 aromatic heterocycles. The molecule has 0 spiro atoms. The SMILES string of the molecule is COc1ccc(CCN2C(=O)N(NS(C)(=O)=O)C[C@H]2c2ccc(OC(F)F)cc2)cc1. The first-order chi connectivity index (χ1) is 14.7. The van der Waals surface area contributed by atoms with Crippen molar-refractivity contribution in [2.75, 3.05) is 26.5 Å². The van der Waals surface area contributed by atoms with Crippen LogP contribution in [0.25, 0.3) is 0 Å². The van der Waals surface area contributed by atoms with Crippen molar-refractivity contribution >= 4 is 16.1 Å². The number of rotatable bonds is 9. The Balaban J connectivity index is 1.79. The van der Waals surface area contributed by atoms with Gasteiger partial charge in [-0.2, -0.15) is 8.78 Å². The molecule has 0 bridgehead atoms. The number of amides is 2. The number of alkyl halides is 2. The number of carbonyl (C=O) groups is 1. The highest BCUT2D eigenvalue weighted by Crippen LogP contribution is 2.30. The number of carbonyl (C=O) groups excluding carboxylic acids is 1. The maximum Gasteiger partial charge on any atom is 0.387 e. The molecular weight excluding hydrogens is 432 g/mol. The van der Waals surface area contributed by atoms with E-state index in [4.69, 9.17) is 4.74 Å². The normalized spacial score (nSPS) is 16.8. The molecule has 1 saturated heterocycles. The van der Waals surface area contributed by atoms with Gasteiger partial charge in [-0.25, -0.2) is 18.2 Å². The quantitative estimate of drug-likeness (QED) is 0.628. The predicted octanol–water partition coefficient (Wildman–Crippen LogP) is 2.78. The van der Waals surface area contributed by atoms with Crippen LogP contribution in [0.1, 0.15) is 17.2 Å². The van der Waals surface area contributed by atoms with E-state index in [1.807, 2.05) is 24.3 Å². The lowest BCUT2D eigenvalue weighted by atomic mass is 10.1. The van der Waals surface area contributed by atoms with E-state index in [9.17, 15) is 22.0 Å². The molecule has 11 heteroatoms. The van der Waals surface area contributed by atoms with Gasteiger partial charge in [-0.1, -0.05) is 24.3 Å². The molecular formula is C20H23F2N3O5S. The van der Waals surface area contributed by atoms with Gasteiger partial charge in [0.1, 0.15) is 11.5 Å². The van der Waals surface area contributed by atoms with E-state index in [1.54, 1.807) is 24.1 Å². The summed E-state index contributed by atoms with van der Waals surface area (Å²) in [5, 5.41) is 1.04. The molecule has 31 heavy (non-hydrogen) atoms. The maximum absolute atomic E-state index is 12.9. The minimum Gasteiger partial charge on any atom is -0.497 e. The van der Waals surface area contributed by atoms with E-state index in [2.05, 4.69) is 9.57 Å². The van der Waals surface area contributed by atoms with Gasteiger partial charge in [0.05, 0.1) is 26.0 Å². The summed E-state index contributed by atoms with van der Waals surface area (Å²) in [7, 11) is -2.08. The monoisotopic (exact) mass is 455 g/mol. The maximum atomic E-state index is 12.9. The summed E-state index contributed by atoms with van der Waals surface area (Å²) >= 11 is 0. The van der Waals surface area contributed by atoms with Crippen LogP contribution in [0.4, 0.5) is 13.6 Å². The molecule has 0 radical (unpaired) electrons. The molecule has 1 N–H and O–H groups in total. The molecule has 0 saturated carbocycles. The van der Waals surface area contributed by atoms with Gasteiger partial charge in [-0.05, 0) is 41.8 Å². The first-order valence-electron chi connectivity index (χ1n) is 9.39. The summed E-state index contributed by atoms with van der Waals surface area (Å²) in [6, 6.07) is 12.4. The average Bonchev–Trinajstić information content (AvgIpc) is 3.01. The second-order valence-electron chi connectivity index (χ2n) is 7.01. The fraction of sp³-hybridized carbons (Fsp3) is 0.350. The van der Waals surface area contributed by atoms with Crippen LogP contribution in [0.15, 0.2) is 48.5 Å². The van der Waals surface area contributed by atoms with E-state index < -0.39 is 28.7 Å². The lowest BCUT2D eigenvalue weighted by molar-refractivity contribution is -0.0498. The highest BCUT2D eigenvalue weighted by molar-refractivity contribution is 7.88. The van der Waals surface area contributed by atoms with Gasteiger partial charge in [-0.3, -0.25) is 0 Å². The Kier molecular flexibility index (Phi) is 6.96. The predicted molar refractivity (Wildman–Crippen MR) is 109 cm³/mol. The van der Waals surface area contributed by atoms with Crippen molar-refractivity contribution in [2.45, 2.75) is 19.1 Å². The molecule has 0 aliphatic carbocycles. The van der Waals surface area contributed by atoms with Gasteiger partial charge in [0.15, 0.2) is 0 Å². The lowest BCUT2D eigenvalue weighted by Gasteiger charge is -2.23. The summed E-state index contributed by atoms with van der Waals surface area (Å²) < 4.78 is 57.6. The summed E-state index contributed by atoms with van der Waals surface area (Å²) in [6.07, 6.45) is 1.50. The second-order valence-corrected chi connectivity index (χ2v) is 8.74. The van der Waals surface area contributed by atoms with Gasteiger partial charge in [0, 0.05) is 6.54 Å². The zero-order chi connectivity index (χ0) is 22.6. The minimum atomic E-state index is -3.65. The minimum absolute atomic E-state index is 0.000951. The van der Waals surface area contributed by atoms with Crippen LogP contribution in [0.2, 0.25) is 0 Å². The zero-order valence-corrected chi connectivity index (χ0v) is 17.8. The Labute approximate surface area is 179 Å². The number of halogens is 2. The van der Waals surface area contributed by atoms with Gasteiger partial charge in [0.25, 0.3) is 0 Å². The van der Waals surface area contributed by atoms with Crippen LogP contribution >= 0.6 is 0 Å². The van der Waals surface area contributed by atoms with E-state index >= 15 is 0 Å². The van der Waals surface area contributed by atoms with E-state index in [-0.39, 0.29) is 12.3 Å². The van der Waals surface area contributed by atoms with Crippen LogP contribution in [-0.2, 0) is 16.4 Å². The van der Waals surface area contributed by atoms with Gasteiger partial charge in [-0.15, -0.1) is 4.83 Å². The third-order valence-corrected chi connectivity index (χ3v) is 5.33. The highest BCUT2D eigenvalue weighted by atomic mass is 32.2. The van der Waals surface area contributed by atoms with Crippen LogP contribution in [0.3, 0.4) is 0 Å². The number of benzene rings is 2. The summed E-state index contributed by atoms with van der Waals surface area (Å²) in [6.45, 7) is -2.54. The van der Waals surface area contributed by atoms with Crippen LogP contribution in [-0.4, -0.2) is 57.4 Å². The lowest BCUT2D eigenvalue weighted by Crippen LogP contribution is -2.44. The highest BCUT2D eigenvalue weighted by Gasteiger charge is 2.39. The zero-order valence-electron chi connectivity index (χ0n) is 17.0. The molecule has 1 heterocycles. The topological polar surface area (TPSA) is 88.2 Å². The van der Waals surface area contributed by atoms with Crippen molar-refractivity contribution in [3.63, 3.8) is 0 Å². The van der Waals surface area contributed by atoms with Crippen molar-refractivity contribution in [1.29, 1.82) is 0 Å². The van der Waals surface area contributed by atoms with Gasteiger partial charge < -0.3 is 14.4 Å². The smallest absolute Gasteiger partial charge is 0.387 e. The molecule has 3 rings (SSSR count). The summed E-state index contributed by atoms with van der Waals surface area (Å²) in [5.41, 5.74) is 1.64. The van der Waals surface area contributed by atoms with E-state index in [0.717, 1.165) is 16.8 Å². The van der Waals surface area contributed by atoms with Crippen molar-refractivity contribution in [1.82, 2.24) is 14.7 Å². The Morgan fingerprint density at radius 2 is 1.71 bits per heavy atom. The number of nitrogens with one attached hydrogen (secondary N) is 1. The molecule has 1 aliphatic rings. The molecule has 2 amide bonds. The number of ether oxygens (including phenoxy) is 2. The Bertz CT molecular complexity index is 1000. The first kappa shape index (κ1) is 22.8. The van der Waals surface area contributed by atoms with Gasteiger partial charge in [0.2, 0.25) is 10.0 Å². The standard InChI is InChI=1S/C20H23F2N3O5S/c1-29-16-7-3-14(4-8-16)11-12-24-18(13-25(20(24)26)23-31(2,27)28)15-5-9-17(10-6-15)30-19(21)22/h3-10,18-19,23H,11-13H2,1-2H3/t18-/m0/s1. The van der Waals surface area contributed by atoms with Crippen molar-refractivity contribution < 1.29 is 31.5 Å². The van der Waals surface area contributed by atoms with Crippen molar-refractivity contribution in [3.8, 4) is 11.5 Å². The van der Waals surface area contributed by atoms with E-state index in [0.29, 0.717) is 24.3 Å². The molecule has 8 nitrogen and oxygen atoms in total. The van der Waals surface area contributed by atoms with Crippen LogP contribution in [0.5, 0.6) is 11.5 Å². The Morgan fingerprint density at radius 1 is 1.10 bits per heavy atom. The molecule has 1 fully saturated rings. The number of sulfonamides is 1. The Hall–Kier alpha value is -2.92. The largest absolute Gasteiger partial charge is 0.497 e. The molecule has 1 aliphatic heterocycles. The Morgan fingerprint density at radius 3 is 2.26 bits per heavy atom. The molecule has 1 atom stereocenters. The number of hydrazine groups is 1. The van der Waals surface area contributed by atoms with Gasteiger partial charge >= 0.3 is 12.6 Å². The first-order valence-corrected chi connectivity index (χ1v) is 11.3. The molecule has 2 aromatic carbocycles. The number of hydrogen-bond acceptors (Lipinski definition) is 5. The van der Waals surface area contributed by atoms with E-state index in [1.165, 1.54) is 12.1 Å². The third kappa shape index (κ3) is 6.05. The fourth-order valence-electron chi connectivity index (χ4n) is 3.36. The third-order valence-electron chi connectivity index (χ3n) is 4.77. The number of hydrogen-bond donors (Lipinski definition) is 1. The number of nitrogens with zero attached hydrogens (tertiary/aromatic N) is 2. The molecule has 0 unspecified atom stereocenters. The van der Waals surface area contributed by atoms with Crippen LogP contribution < -0.4 is 14.3 Å². The van der Waals surface area contributed by atoms with Crippen molar-refractivity contribution in [3.05, 3.63) is 59.7 Å². The number of urea groups is 1. The molecule has 168 valence electrons. The summed E-state index contributed by atoms with van der Waals surface area (Å²) in [4.78, 5) is 16.7. The number of methoxy groups -OCH3 is 1. The van der Waals surface area contributed by atoms with Crippen molar-refractivity contribution in [2.24, 2.45) is 0 Å².